The summed E-state index contributed by atoms with van der Waals surface area (Å²) in [6.45, 7) is 7.96. The number of nitrogens with one attached hydrogen (secondary N) is 2. The first-order chi connectivity index (χ1) is 12.8. The number of ether oxygens (including phenoxy) is 2. The SMILES string of the molecule is CCNC(=NCc1ccc(OC)c(OC)c1)NCCN1CCCCCC1.I. The maximum Gasteiger partial charge on any atom is 0.191 e. The summed E-state index contributed by atoms with van der Waals surface area (Å²) >= 11 is 0. The summed E-state index contributed by atoms with van der Waals surface area (Å²) in [4.78, 5) is 7.25. The fourth-order valence-corrected chi connectivity index (χ4v) is 3.18. The molecule has 1 aliphatic heterocycles. The van der Waals surface area contributed by atoms with Gasteiger partial charge in [-0.15, -0.1) is 24.0 Å². The molecule has 0 unspecified atom stereocenters. The Morgan fingerprint density at radius 2 is 1.74 bits per heavy atom. The fraction of sp³-hybridized carbons (Fsp3) is 0.650. The van der Waals surface area contributed by atoms with Gasteiger partial charge in [0.25, 0.3) is 0 Å². The summed E-state index contributed by atoms with van der Waals surface area (Å²) in [5.74, 6) is 2.33. The van der Waals surface area contributed by atoms with E-state index in [1.807, 2.05) is 18.2 Å². The van der Waals surface area contributed by atoms with E-state index in [9.17, 15) is 0 Å². The zero-order valence-corrected chi connectivity index (χ0v) is 19.3. The number of halogens is 1. The summed E-state index contributed by atoms with van der Waals surface area (Å²) in [5, 5.41) is 6.77. The van der Waals surface area contributed by atoms with Crippen molar-refractivity contribution in [1.82, 2.24) is 15.5 Å². The van der Waals surface area contributed by atoms with Crippen molar-refractivity contribution in [2.24, 2.45) is 4.99 Å². The number of hydrogen-bond donors (Lipinski definition) is 2. The van der Waals surface area contributed by atoms with Crippen molar-refractivity contribution in [1.29, 1.82) is 0 Å². The Kier molecular flexibility index (Phi) is 12.2. The molecular weight excluding hydrogens is 455 g/mol. The quantitative estimate of drug-likeness (QED) is 0.333. The molecule has 6 nitrogen and oxygen atoms in total. The molecule has 0 saturated carbocycles. The van der Waals surface area contributed by atoms with Crippen molar-refractivity contribution in [3.63, 3.8) is 0 Å². The average Bonchev–Trinajstić information content (AvgIpc) is 2.94. The number of rotatable bonds is 8. The standard InChI is InChI=1S/C20H34N4O2.HI/c1-4-21-20(22-11-14-24-12-7-5-6-8-13-24)23-16-17-9-10-18(25-2)19(15-17)26-3;/h9-10,15H,4-8,11-14,16H2,1-3H3,(H2,21,22,23);1H. The van der Waals surface area contributed by atoms with E-state index in [0.29, 0.717) is 6.54 Å². The highest BCUT2D eigenvalue weighted by Gasteiger charge is 2.09. The van der Waals surface area contributed by atoms with Crippen molar-refractivity contribution in [2.45, 2.75) is 39.2 Å². The van der Waals surface area contributed by atoms with E-state index in [-0.39, 0.29) is 24.0 Å². The first-order valence-electron chi connectivity index (χ1n) is 9.72. The van der Waals surface area contributed by atoms with Gasteiger partial charge in [0.05, 0.1) is 20.8 Å². The van der Waals surface area contributed by atoms with Crippen LogP contribution >= 0.6 is 24.0 Å². The molecule has 0 spiro atoms. The molecule has 154 valence electrons. The fourth-order valence-electron chi connectivity index (χ4n) is 3.18. The van der Waals surface area contributed by atoms with Crippen LogP contribution in [0.1, 0.15) is 38.2 Å². The first kappa shape index (κ1) is 23.8. The normalized spacial score (nSPS) is 15.4. The molecule has 0 radical (unpaired) electrons. The number of nitrogens with zero attached hydrogens (tertiary/aromatic N) is 2. The number of benzene rings is 1. The minimum absolute atomic E-state index is 0. The van der Waals surface area contributed by atoms with Crippen molar-refractivity contribution >= 4 is 29.9 Å². The van der Waals surface area contributed by atoms with E-state index in [0.717, 1.165) is 42.7 Å². The van der Waals surface area contributed by atoms with Crippen molar-refractivity contribution in [3.8, 4) is 11.5 Å². The number of methoxy groups -OCH3 is 2. The smallest absolute Gasteiger partial charge is 0.191 e. The van der Waals surface area contributed by atoms with Gasteiger partial charge >= 0.3 is 0 Å². The van der Waals surface area contributed by atoms with Crippen molar-refractivity contribution < 1.29 is 9.47 Å². The van der Waals surface area contributed by atoms with Gasteiger partial charge in [-0.05, 0) is 50.6 Å². The number of guanidine groups is 1. The molecular formula is C20H35IN4O2. The molecule has 27 heavy (non-hydrogen) atoms. The van der Waals surface area contributed by atoms with E-state index < -0.39 is 0 Å². The molecule has 1 heterocycles. The number of likely N-dealkylation sites (tertiary alicyclic amines) is 1. The van der Waals surface area contributed by atoms with Crippen LogP contribution in [0.2, 0.25) is 0 Å². The van der Waals surface area contributed by atoms with Crippen LogP contribution in [-0.4, -0.2) is 57.8 Å². The number of aliphatic imine (C=N–C) groups is 1. The Morgan fingerprint density at radius 1 is 1.04 bits per heavy atom. The molecule has 1 saturated heterocycles. The second kappa shape index (κ2) is 13.9. The summed E-state index contributed by atoms with van der Waals surface area (Å²) < 4.78 is 10.6. The molecule has 1 aromatic rings. The van der Waals surface area contributed by atoms with Gasteiger partial charge in [-0.25, -0.2) is 4.99 Å². The molecule has 2 N–H and O–H groups in total. The highest BCUT2D eigenvalue weighted by molar-refractivity contribution is 14.0. The topological polar surface area (TPSA) is 58.1 Å². The van der Waals surface area contributed by atoms with Gasteiger partial charge in [-0.2, -0.15) is 0 Å². The minimum atomic E-state index is 0. The molecule has 1 aromatic carbocycles. The van der Waals surface area contributed by atoms with Crippen LogP contribution in [0, 0.1) is 0 Å². The van der Waals surface area contributed by atoms with Crippen LogP contribution in [0.15, 0.2) is 23.2 Å². The van der Waals surface area contributed by atoms with Crippen LogP contribution in [0.25, 0.3) is 0 Å². The minimum Gasteiger partial charge on any atom is -0.493 e. The van der Waals surface area contributed by atoms with E-state index in [2.05, 4.69) is 22.5 Å². The third-order valence-electron chi connectivity index (χ3n) is 4.63. The van der Waals surface area contributed by atoms with E-state index in [1.54, 1.807) is 14.2 Å². The lowest BCUT2D eigenvalue weighted by Gasteiger charge is -2.20. The first-order valence-corrected chi connectivity index (χ1v) is 9.72. The zero-order valence-electron chi connectivity index (χ0n) is 16.9. The van der Waals surface area contributed by atoms with Crippen LogP contribution in [0.4, 0.5) is 0 Å². The lowest BCUT2D eigenvalue weighted by atomic mass is 10.2. The predicted molar refractivity (Wildman–Crippen MR) is 123 cm³/mol. The maximum atomic E-state index is 5.36. The summed E-state index contributed by atoms with van der Waals surface area (Å²) in [6.07, 6.45) is 5.40. The summed E-state index contributed by atoms with van der Waals surface area (Å²) in [7, 11) is 3.30. The molecule has 2 rings (SSSR count). The van der Waals surface area contributed by atoms with Crippen LogP contribution in [-0.2, 0) is 6.54 Å². The third-order valence-corrected chi connectivity index (χ3v) is 4.63. The Hall–Kier alpha value is -1.22. The highest BCUT2D eigenvalue weighted by atomic mass is 127. The van der Waals surface area contributed by atoms with Gasteiger partial charge in [0.15, 0.2) is 17.5 Å². The van der Waals surface area contributed by atoms with Gasteiger partial charge in [0.2, 0.25) is 0 Å². The largest absolute Gasteiger partial charge is 0.493 e. The zero-order chi connectivity index (χ0) is 18.6. The summed E-state index contributed by atoms with van der Waals surface area (Å²) in [6, 6.07) is 5.91. The van der Waals surface area contributed by atoms with E-state index >= 15 is 0 Å². The number of hydrogen-bond acceptors (Lipinski definition) is 4. The van der Waals surface area contributed by atoms with E-state index in [4.69, 9.17) is 14.5 Å². The third kappa shape index (κ3) is 8.55. The molecule has 1 fully saturated rings. The Balaban J connectivity index is 0.00000364. The van der Waals surface area contributed by atoms with Gasteiger partial charge in [0, 0.05) is 19.6 Å². The molecule has 0 amide bonds. The molecule has 1 aliphatic rings. The van der Waals surface area contributed by atoms with Gasteiger partial charge < -0.3 is 25.0 Å². The van der Waals surface area contributed by atoms with Gasteiger partial charge in [-0.1, -0.05) is 18.9 Å². The van der Waals surface area contributed by atoms with Crippen molar-refractivity contribution in [3.05, 3.63) is 23.8 Å². The van der Waals surface area contributed by atoms with Crippen molar-refractivity contribution in [2.75, 3.05) is 46.9 Å². The maximum absolute atomic E-state index is 5.36. The molecule has 0 bridgehead atoms. The predicted octanol–water partition coefficient (Wildman–Crippen LogP) is 3.25. The summed E-state index contributed by atoms with van der Waals surface area (Å²) in [5.41, 5.74) is 1.09. The van der Waals surface area contributed by atoms with E-state index in [1.165, 1.54) is 38.8 Å². The molecule has 0 aliphatic carbocycles. The Morgan fingerprint density at radius 3 is 2.37 bits per heavy atom. The average molecular weight is 490 g/mol. The van der Waals surface area contributed by atoms with Crippen LogP contribution < -0.4 is 20.1 Å². The molecule has 7 heteroatoms. The molecule has 0 atom stereocenters. The van der Waals surface area contributed by atoms with Crippen LogP contribution in [0.3, 0.4) is 0 Å². The second-order valence-corrected chi connectivity index (χ2v) is 6.57. The Bertz CT molecular complexity index is 561. The second-order valence-electron chi connectivity index (χ2n) is 6.57. The van der Waals surface area contributed by atoms with Gasteiger partial charge in [-0.3, -0.25) is 0 Å². The van der Waals surface area contributed by atoms with Crippen LogP contribution in [0.5, 0.6) is 11.5 Å². The molecule has 0 aromatic heterocycles. The lowest BCUT2D eigenvalue weighted by Crippen LogP contribution is -2.41. The Labute approximate surface area is 181 Å². The highest BCUT2D eigenvalue weighted by Crippen LogP contribution is 2.27. The lowest BCUT2D eigenvalue weighted by molar-refractivity contribution is 0.289. The monoisotopic (exact) mass is 490 g/mol. The van der Waals surface area contributed by atoms with Gasteiger partial charge in [0.1, 0.15) is 0 Å².